The average molecular weight is 478 g/mol. The molecule has 0 radical (unpaired) electrons. The molecule has 0 saturated carbocycles. The van der Waals surface area contributed by atoms with Crippen molar-refractivity contribution in [2.45, 2.75) is 18.6 Å². The normalized spacial score (nSPS) is 18.5. The van der Waals surface area contributed by atoms with E-state index in [2.05, 4.69) is 4.90 Å². The molecule has 2 aromatic rings. The number of benzene rings is 2. The molecule has 1 aliphatic rings. The molecule has 178 valence electrons. The third kappa shape index (κ3) is 7.24. The number of morpholine rings is 1. The highest BCUT2D eigenvalue weighted by Gasteiger charge is 2.39. The maximum Gasteiger partial charge on any atom is 0.255 e. The first kappa shape index (κ1) is 24.6. The zero-order valence-electron chi connectivity index (χ0n) is 18.4. The van der Waals surface area contributed by atoms with Crippen LogP contribution in [-0.4, -0.2) is 62.3 Å². The Hall–Kier alpha value is -3.01. The lowest BCUT2D eigenvalue weighted by Crippen LogP contribution is -2.56. The molecular formula is C23H28ClN3O6. The Morgan fingerprint density at radius 3 is 2.64 bits per heavy atom. The van der Waals surface area contributed by atoms with Crippen LogP contribution in [0.2, 0.25) is 5.02 Å². The van der Waals surface area contributed by atoms with Gasteiger partial charge in [-0.05, 0) is 35.9 Å². The number of halogens is 1. The number of methoxy groups -OCH3 is 1. The molecule has 2 amide bonds. The second-order valence-corrected chi connectivity index (χ2v) is 8.31. The first-order chi connectivity index (χ1) is 15.8. The zero-order chi connectivity index (χ0) is 23.8. The summed E-state index contributed by atoms with van der Waals surface area (Å²) >= 11 is 6.03. The minimum atomic E-state index is -0.888. The van der Waals surface area contributed by atoms with E-state index in [4.69, 9.17) is 42.0 Å². The Balaban J connectivity index is 1.70. The van der Waals surface area contributed by atoms with E-state index < -0.39 is 17.4 Å². The summed E-state index contributed by atoms with van der Waals surface area (Å²) in [5, 5.41) is 0.555. The monoisotopic (exact) mass is 477 g/mol. The van der Waals surface area contributed by atoms with Crippen LogP contribution in [0.4, 0.5) is 0 Å². The lowest BCUT2D eigenvalue weighted by atomic mass is 9.97. The number of nitrogens with two attached hydrogens (primary N) is 2. The summed E-state index contributed by atoms with van der Waals surface area (Å²) in [7, 11) is 1.52. The van der Waals surface area contributed by atoms with Crippen LogP contribution in [0, 0.1) is 0 Å². The molecule has 3 rings (SSSR count). The summed E-state index contributed by atoms with van der Waals surface area (Å²) in [5.41, 5.74) is 10.7. The number of nitrogens with zero attached hydrogens (tertiary/aromatic N) is 1. The van der Waals surface area contributed by atoms with E-state index in [9.17, 15) is 9.59 Å². The second-order valence-electron chi connectivity index (χ2n) is 7.87. The van der Waals surface area contributed by atoms with E-state index in [1.165, 1.54) is 7.11 Å². The van der Waals surface area contributed by atoms with Crippen LogP contribution >= 0.6 is 11.6 Å². The van der Waals surface area contributed by atoms with Gasteiger partial charge in [0.25, 0.3) is 5.91 Å². The number of carbonyl (C=O) groups excluding carboxylic acids is 2. The van der Waals surface area contributed by atoms with Gasteiger partial charge in [-0.3, -0.25) is 14.5 Å². The summed E-state index contributed by atoms with van der Waals surface area (Å²) in [6.07, 6.45) is 0.0211. The van der Waals surface area contributed by atoms with E-state index >= 15 is 0 Å². The summed E-state index contributed by atoms with van der Waals surface area (Å²) in [6, 6.07) is 12.5. The third-order valence-corrected chi connectivity index (χ3v) is 5.36. The molecule has 1 aliphatic heterocycles. The van der Waals surface area contributed by atoms with Crippen molar-refractivity contribution in [3.8, 4) is 17.2 Å². The maximum atomic E-state index is 11.8. The highest BCUT2D eigenvalue weighted by atomic mass is 35.5. The van der Waals surface area contributed by atoms with Gasteiger partial charge in [0.05, 0.1) is 20.1 Å². The van der Waals surface area contributed by atoms with E-state index in [0.717, 1.165) is 5.56 Å². The molecule has 0 unspecified atom stereocenters. The number of rotatable bonds is 11. The minimum Gasteiger partial charge on any atom is -0.493 e. The van der Waals surface area contributed by atoms with Crippen LogP contribution in [0.5, 0.6) is 17.2 Å². The van der Waals surface area contributed by atoms with Crippen LogP contribution < -0.4 is 25.7 Å². The van der Waals surface area contributed by atoms with Gasteiger partial charge in [0.1, 0.15) is 18.0 Å². The van der Waals surface area contributed by atoms with Crippen molar-refractivity contribution < 1.29 is 28.5 Å². The predicted octanol–water partition coefficient (Wildman–Crippen LogP) is 1.74. The summed E-state index contributed by atoms with van der Waals surface area (Å²) in [4.78, 5) is 25.0. The smallest absolute Gasteiger partial charge is 0.255 e. The largest absolute Gasteiger partial charge is 0.493 e. The fraction of sp³-hybridized carbons (Fsp3) is 0.391. The molecule has 0 bridgehead atoms. The Bertz CT molecular complexity index is 988. The predicted molar refractivity (Wildman–Crippen MR) is 122 cm³/mol. The molecule has 1 atom stereocenters. The Morgan fingerprint density at radius 2 is 1.94 bits per heavy atom. The number of hydrogen-bond donors (Lipinski definition) is 2. The standard InChI is InChI=1S/C23H28ClN3O6/c1-30-20-9-16(5-6-19(20)31-13-22(26)29)12-27-7-8-33-23(14-27,11-21(25)28)15-32-18-4-2-3-17(24)10-18/h2-6,9-10H,7-8,11-15H2,1H3,(H2,25,28)(H2,26,29)/t23-/m0/s1. The molecule has 4 N–H and O–H groups in total. The maximum absolute atomic E-state index is 11.8. The molecule has 33 heavy (non-hydrogen) atoms. The van der Waals surface area contributed by atoms with Crippen LogP contribution in [-0.2, 0) is 20.9 Å². The van der Waals surface area contributed by atoms with Crippen molar-refractivity contribution in [1.82, 2.24) is 4.90 Å². The molecule has 2 aromatic carbocycles. The fourth-order valence-corrected chi connectivity index (χ4v) is 3.91. The lowest BCUT2D eigenvalue weighted by Gasteiger charge is -2.42. The van der Waals surface area contributed by atoms with Gasteiger partial charge in [0.15, 0.2) is 18.1 Å². The molecule has 0 spiro atoms. The van der Waals surface area contributed by atoms with Gasteiger partial charge in [-0.2, -0.15) is 0 Å². The van der Waals surface area contributed by atoms with Crippen molar-refractivity contribution in [2.24, 2.45) is 11.5 Å². The van der Waals surface area contributed by atoms with E-state index in [1.54, 1.807) is 30.3 Å². The van der Waals surface area contributed by atoms with Gasteiger partial charge in [0, 0.05) is 24.7 Å². The number of primary amides is 2. The lowest BCUT2D eigenvalue weighted by molar-refractivity contribution is -0.148. The highest BCUT2D eigenvalue weighted by Crippen LogP contribution is 2.30. The van der Waals surface area contributed by atoms with Crippen molar-refractivity contribution >= 4 is 23.4 Å². The van der Waals surface area contributed by atoms with E-state index in [0.29, 0.717) is 48.5 Å². The third-order valence-electron chi connectivity index (χ3n) is 5.13. The summed E-state index contributed by atoms with van der Waals surface area (Å²) in [6.45, 7) is 2.02. The first-order valence-corrected chi connectivity index (χ1v) is 10.8. The topological polar surface area (TPSA) is 126 Å². The van der Waals surface area contributed by atoms with E-state index in [1.807, 2.05) is 12.1 Å². The minimum absolute atomic E-state index is 0.0211. The summed E-state index contributed by atoms with van der Waals surface area (Å²) < 4.78 is 22.7. The van der Waals surface area contributed by atoms with Crippen molar-refractivity contribution in [1.29, 1.82) is 0 Å². The van der Waals surface area contributed by atoms with Crippen LogP contribution in [0.15, 0.2) is 42.5 Å². The summed E-state index contributed by atoms with van der Waals surface area (Å²) in [5.74, 6) is 0.475. The van der Waals surface area contributed by atoms with Gasteiger partial charge < -0.3 is 30.4 Å². The number of amides is 2. The van der Waals surface area contributed by atoms with Gasteiger partial charge >= 0.3 is 0 Å². The molecule has 1 heterocycles. The Morgan fingerprint density at radius 1 is 1.12 bits per heavy atom. The number of carbonyl (C=O) groups is 2. The number of ether oxygens (including phenoxy) is 4. The average Bonchev–Trinajstić information content (AvgIpc) is 2.76. The molecule has 0 aromatic heterocycles. The van der Waals surface area contributed by atoms with Gasteiger partial charge in [-0.25, -0.2) is 0 Å². The fourth-order valence-electron chi connectivity index (χ4n) is 3.73. The quantitative estimate of drug-likeness (QED) is 0.504. The first-order valence-electron chi connectivity index (χ1n) is 10.4. The van der Waals surface area contributed by atoms with Crippen molar-refractivity contribution in [3.63, 3.8) is 0 Å². The van der Waals surface area contributed by atoms with Crippen molar-refractivity contribution in [2.75, 3.05) is 40.0 Å². The van der Waals surface area contributed by atoms with Crippen molar-refractivity contribution in [3.05, 3.63) is 53.1 Å². The van der Waals surface area contributed by atoms with Crippen LogP contribution in [0.3, 0.4) is 0 Å². The van der Waals surface area contributed by atoms with Crippen LogP contribution in [0.25, 0.3) is 0 Å². The zero-order valence-corrected chi connectivity index (χ0v) is 19.2. The molecule has 0 aliphatic carbocycles. The molecule has 1 saturated heterocycles. The molecular weight excluding hydrogens is 450 g/mol. The van der Waals surface area contributed by atoms with Crippen LogP contribution in [0.1, 0.15) is 12.0 Å². The highest BCUT2D eigenvalue weighted by molar-refractivity contribution is 6.30. The van der Waals surface area contributed by atoms with Gasteiger partial charge in [-0.1, -0.05) is 23.7 Å². The molecule has 9 nitrogen and oxygen atoms in total. The molecule has 10 heteroatoms. The van der Waals surface area contributed by atoms with E-state index in [-0.39, 0.29) is 19.6 Å². The number of hydrogen-bond acceptors (Lipinski definition) is 7. The second kappa shape index (κ2) is 11.2. The van der Waals surface area contributed by atoms with Gasteiger partial charge in [-0.15, -0.1) is 0 Å². The Kier molecular flexibility index (Phi) is 8.37. The van der Waals surface area contributed by atoms with Gasteiger partial charge in [0.2, 0.25) is 5.91 Å². The SMILES string of the molecule is COc1cc(CN2CCO[C@@](COc3cccc(Cl)c3)(CC(N)=O)C2)ccc1OCC(N)=O. The molecule has 1 fully saturated rings. The Labute approximate surface area is 197 Å².